The zero-order chi connectivity index (χ0) is 19.9. The van der Waals surface area contributed by atoms with Crippen LogP contribution in [-0.2, 0) is 10.0 Å². The standard InChI is InChI=1S/C21H25N3O3S/c1-3-28(25,26)23-15-9-7-14(8-10-15)21-20(22)18-12-11-17(27-2)13-19(18)24(21)16-5-4-6-16/h7-13,16,23H,3-6,22H2,1-2H3. The SMILES string of the molecule is CCS(=O)(=O)Nc1ccc(-c2c(N)c3ccc(OC)cc3n2C2CCC2)cc1. The Morgan fingerprint density at radius 2 is 1.89 bits per heavy atom. The maximum atomic E-state index is 11.8. The van der Waals surface area contributed by atoms with Gasteiger partial charge in [0.2, 0.25) is 10.0 Å². The molecule has 0 bridgehead atoms. The second-order valence-electron chi connectivity index (χ2n) is 7.18. The number of hydrogen-bond acceptors (Lipinski definition) is 4. The Labute approximate surface area is 165 Å². The van der Waals surface area contributed by atoms with Gasteiger partial charge in [0.15, 0.2) is 0 Å². The van der Waals surface area contributed by atoms with Crippen LogP contribution in [0.4, 0.5) is 11.4 Å². The van der Waals surface area contributed by atoms with E-state index in [9.17, 15) is 8.42 Å². The van der Waals surface area contributed by atoms with E-state index in [2.05, 4.69) is 9.29 Å². The van der Waals surface area contributed by atoms with E-state index in [1.807, 2.05) is 30.3 Å². The number of fused-ring (bicyclic) bond motifs is 1. The molecule has 1 saturated carbocycles. The van der Waals surface area contributed by atoms with Crippen LogP contribution in [-0.4, -0.2) is 25.8 Å². The average molecular weight is 400 g/mol. The van der Waals surface area contributed by atoms with Crippen molar-refractivity contribution in [2.75, 3.05) is 23.3 Å². The minimum Gasteiger partial charge on any atom is -0.497 e. The summed E-state index contributed by atoms with van der Waals surface area (Å²) in [5.41, 5.74) is 10.9. The van der Waals surface area contributed by atoms with Crippen LogP contribution in [0.5, 0.6) is 5.75 Å². The zero-order valence-electron chi connectivity index (χ0n) is 16.1. The quantitative estimate of drug-likeness (QED) is 0.644. The summed E-state index contributed by atoms with van der Waals surface area (Å²) in [6, 6.07) is 13.8. The highest BCUT2D eigenvalue weighted by Crippen LogP contribution is 2.44. The number of nitrogens with zero attached hydrogens (tertiary/aromatic N) is 1. The van der Waals surface area contributed by atoms with Crippen LogP contribution in [0.25, 0.3) is 22.2 Å². The molecule has 2 aromatic carbocycles. The van der Waals surface area contributed by atoms with E-state index < -0.39 is 10.0 Å². The molecule has 0 spiro atoms. The van der Waals surface area contributed by atoms with Crippen molar-refractivity contribution in [3.63, 3.8) is 0 Å². The van der Waals surface area contributed by atoms with E-state index in [0.29, 0.717) is 11.7 Å². The first kappa shape index (κ1) is 18.7. The minimum absolute atomic E-state index is 0.0411. The number of ether oxygens (including phenoxy) is 1. The van der Waals surface area contributed by atoms with Gasteiger partial charge in [0.05, 0.1) is 29.8 Å². The first-order valence-electron chi connectivity index (χ1n) is 9.52. The predicted molar refractivity (Wildman–Crippen MR) is 114 cm³/mol. The van der Waals surface area contributed by atoms with Crippen LogP contribution in [0.1, 0.15) is 32.2 Å². The number of nitrogens with two attached hydrogens (primary N) is 1. The third kappa shape index (κ3) is 3.20. The van der Waals surface area contributed by atoms with Crippen molar-refractivity contribution in [3.05, 3.63) is 42.5 Å². The summed E-state index contributed by atoms with van der Waals surface area (Å²) in [5, 5.41) is 1.01. The summed E-state index contributed by atoms with van der Waals surface area (Å²) in [6.07, 6.45) is 3.47. The molecular weight excluding hydrogens is 374 g/mol. The highest BCUT2D eigenvalue weighted by Gasteiger charge is 2.27. The molecule has 1 aliphatic carbocycles. The topological polar surface area (TPSA) is 86.3 Å². The Morgan fingerprint density at radius 3 is 2.46 bits per heavy atom. The normalized spacial score (nSPS) is 14.8. The van der Waals surface area contributed by atoms with E-state index in [1.165, 1.54) is 6.42 Å². The molecule has 0 radical (unpaired) electrons. The molecule has 0 saturated heterocycles. The number of nitrogens with one attached hydrogen (secondary N) is 1. The number of rotatable bonds is 6. The molecule has 4 rings (SSSR count). The van der Waals surface area contributed by atoms with Gasteiger partial charge in [0, 0.05) is 28.7 Å². The highest BCUT2D eigenvalue weighted by molar-refractivity contribution is 7.92. The monoisotopic (exact) mass is 399 g/mol. The van der Waals surface area contributed by atoms with Crippen LogP contribution in [0, 0.1) is 0 Å². The number of nitrogen functional groups attached to an aromatic ring is 1. The van der Waals surface area contributed by atoms with Crippen molar-refractivity contribution >= 4 is 32.3 Å². The van der Waals surface area contributed by atoms with Crippen molar-refractivity contribution in [2.24, 2.45) is 0 Å². The number of sulfonamides is 1. The Balaban J connectivity index is 1.82. The van der Waals surface area contributed by atoms with Crippen LogP contribution in [0.2, 0.25) is 0 Å². The molecule has 28 heavy (non-hydrogen) atoms. The van der Waals surface area contributed by atoms with Gasteiger partial charge in [-0.15, -0.1) is 0 Å². The van der Waals surface area contributed by atoms with E-state index in [1.54, 1.807) is 26.2 Å². The third-order valence-electron chi connectivity index (χ3n) is 5.50. The van der Waals surface area contributed by atoms with Crippen molar-refractivity contribution in [1.82, 2.24) is 4.57 Å². The fraction of sp³-hybridized carbons (Fsp3) is 0.333. The number of aromatic nitrogens is 1. The Morgan fingerprint density at radius 1 is 1.18 bits per heavy atom. The predicted octanol–water partition coefficient (Wildman–Crippen LogP) is 4.39. The first-order valence-corrected chi connectivity index (χ1v) is 11.2. The van der Waals surface area contributed by atoms with Gasteiger partial charge < -0.3 is 15.0 Å². The number of anilines is 2. The highest BCUT2D eigenvalue weighted by atomic mass is 32.2. The lowest BCUT2D eigenvalue weighted by Gasteiger charge is -2.30. The minimum atomic E-state index is -3.30. The molecular formula is C21H25N3O3S. The van der Waals surface area contributed by atoms with Crippen molar-refractivity contribution in [1.29, 1.82) is 0 Å². The van der Waals surface area contributed by atoms with Gasteiger partial charge in [-0.3, -0.25) is 4.72 Å². The molecule has 1 fully saturated rings. The number of benzene rings is 2. The van der Waals surface area contributed by atoms with Crippen molar-refractivity contribution in [3.8, 4) is 17.0 Å². The molecule has 6 nitrogen and oxygen atoms in total. The molecule has 1 heterocycles. The van der Waals surface area contributed by atoms with Gasteiger partial charge >= 0.3 is 0 Å². The lowest BCUT2D eigenvalue weighted by atomic mass is 9.92. The summed E-state index contributed by atoms with van der Waals surface area (Å²) in [5.74, 6) is 0.848. The van der Waals surface area contributed by atoms with Gasteiger partial charge in [-0.1, -0.05) is 12.1 Å². The molecule has 1 aliphatic rings. The zero-order valence-corrected chi connectivity index (χ0v) is 16.9. The van der Waals surface area contributed by atoms with Crippen molar-refractivity contribution in [2.45, 2.75) is 32.2 Å². The molecule has 0 amide bonds. The second-order valence-corrected chi connectivity index (χ2v) is 9.19. The molecule has 0 atom stereocenters. The molecule has 0 aliphatic heterocycles. The van der Waals surface area contributed by atoms with Crippen LogP contribution in [0.15, 0.2) is 42.5 Å². The largest absolute Gasteiger partial charge is 0.497 e. The lowest BCUT2D eigenvalue weighted by Crippen LogP contribution is -2.18. The Bertz CT molecular complexity index is 1110. The van der Waals surface area contributed by atoms with Gasteiger partial charge in [-0.25, -0.2) is 8.42 Å². The first-order chi connectivity index (χ1) is 13.4. The fourth-order valence-corrected chi connectivity index (χ4v) is 4.35. The van der Waals surface area contributed by atoms with Crippen LogP contribution in [0.3, 0.4) is 0 Å². The number of hydrogen-bond donors (Lipinski definition) is 2. The maximum absolute atomic E-state index is 11.8. The fourth-order valence-electron chi connectivity index (χ4n) is 3.71. The van der Waals surface area contributed by atoms with E-state index in [0.717, 1.165) is 46.4 Å². The molecule has 7 heteroatoms. The number of methoxy groups -OCH3 is 1. The van der Waals surface area contributed by atoms with Gasteiger partial charge in [0.1, 0.15) is 5.75 Å². The second kappa shape index (κ2) is 7.05. The summed E-state index contributed by atoms with van der Waals surface area (Å²) in [4.78, 5) is 0. The summed E-state index contributed by atoms with van der Waals surface area (Å²) in [6.45, 7) is 1.61. The summed E-state index contributed by atoms with van der Waals surface area (Å²) < 4.78 is 33.9. The van der Waals surface area contributed by atoms with Crippen molar-refractivity contribution < 1.29 is 13.2 Å². The van der Waals surface area contributed by atoms with Gasteiger partial charge in [-0.05, 0) is 50.5 Å². The average Bonchev–Trinajstić information content (AvgIpc) is 2.93. The molecule has 3 N–H and O–H groups in total. The van der Waals surface area contributed by atoms with Gasteiger partial charge in [0.25, 0.3) is 0 Å². The molecule has 1 aromatic heterocycles. The van der Waals surface area contributed by atoms with Gasteiger partial charge in [-0.2, -0.15) is 0 Å². The smallest absolute Gasteiger partial charge is 0.232 e. The van der Waals surface area contributed by atoms with E-state index in [4.69, 9.17) is 10.5 Å². The molecule has 148 valence electrons. The molecule has 3 aromatic rings. The van der Waals surface area contributed by atoms with E-state index in [-0.39, 0.29) is 5.75 Å². The van der Waals surface area contributed by atoms with Crippen LogP contribution >= 0.6 is 0 Å². The summed E-state index contributed by atoms with van der Waals surface area (Å²) >= 11 is 0. The third-order valence-corrected chi connectivity index (χ3v) is 6.81. The Kier molecular flexibility index (Phi) is 4.71. The lowest BCUT2D eigenvalue weighted by molar-refractivity contribution is 0.324. The maximum Gasteiger partial charge on any atom is 0.232 e. The molecule has 0 unspecified atom stereocenters. The Hall–Kier alpha value is -2.67. The summed E-state index contributed by atoms with van der Waals surface area (Å²) in [7, 11) is -1.63. The van der Waals surface area contributed by atoms with Crippen LogP contribution < -0.4 is 15.2 Å². The van der Waals surface area contributed by atoms with E-state index >= 15 is 0 Å².